The number of nitrogens with zero attached hydrogens (tertiary/aromatic N) is 1. The van der Waals surface area contributed by atoms with Crippen molar-refractivity contribution >= 4 is 11.8 Å². The summed E-state index contributed by atoms with van der Waals surface area (Å²) in [5.41, 5.74) is -0.244. The number of aromatic nitrogens is 2. The molecule has 0 spiro atoms. The van der Waals surface area contributed by atoms with Crippen LogP contribution in [0.4, 0.5) is 0 Å². The Morgan fingerprint density at radius 1 is 1.53 bits per heavy atom. The van der Waals surface area contributed by atoms with E-state index in [0.717, 1.165) is 0 Å². The van der Waals surface area contributed by atoms with Gasteiger partial charge in [-0.3, -0.25) is 9.59 Å². The zero-order valence-corrected chi connectivity index (χ0v) is 9.45. The second-order valence-electron chi connectivity index (χ2n) is 3.87. The molecule has 1 aliphatic heterocycles. The van der Waals surface area contributed by atoms with Crippen LogP contribution < -0.4 is 11.0 Å². The van der Waals surface area contributed by atoms with Crippen molar-refractivity contribution in [1.29, 1.82) is 0 Å². The number of nitrogens with one attached hydrogen (secondary N) is 3. The SMILES string of the molecule is CCC1C(=O)NCCN1C(=O)c1c[nH]c(=O)[nH]1. The van der Waals surface area contributed by atoms with E-state index in [1.54, 1.807) is 0 Å². The summed E-state index contributed by atoms with van der Waals surface area (Å²) in [6, 6.07) is -0.463. The zero-order valence-electron chi connectivity index (χ0n) is 9.45. The third-order valence-electron chi connectivity index (χ3n) is 2.80. The lowest BCUT2D eigenvalue weighted by molar-refractivity contribution is -0.127. The zero-order chi connectivity index (χ0) is 12.4. The summed E-state index contributed by atoms with van der Waals surface area (Å²) in [4.78, 5) is 40.9. The van der Waals surface area contributed by atoms with E-state index in [1.165, 1.54) is 11.1 Å². The Balaban J connectivity index is 2.23. The molecule has 0 radical (unpaired) electrons. The van der Waals surface area contributed by atoms with Crippen LogP contribution in [-0.2, 0) is 4.79 Å². The van der Waals surface area contributed by atoms with Gasteiger partial charge in [0.25, 0.3) is 5.91 Å². The molecule has 17 heavy (non-hydrogen) atoms. The fraction of sp³-hybridized carbons (Fsp3) is 0.500. The van der Waals surface area contributed by atoms with Gasteiger partial charge in [-0.25, -0.2) is 4.79 Å². The van der Waals surface area contributed by atoms with Gasteiger partial charge in [0.2, 0.25) is 5.91 Å². The molecular weight excluding hydrogens is 224 g/mol. The summed E-state index contributed by atoms with van der Waals surface area (Å²) in [5.74, 6) is -0.477. The van der Waals surface area contributed by atoms with E-state index in [0.29, 0.717) is 19.5 Å². The van der Waals surface area contributed by atoms with Gasteiger partial charge < -0.3 is 20.2 Å². The summed E-state index contributed by atoms with van der Waals surface area (Å²) >= 11 is 0. The molecule has 3 N–H and O–H groups in total. The first kappa shape index (κ1) is 11.4. The van der Waals surface area contributed by atoms with Gasteiger partial charge in [-0.05, 0) is 6.42 Å². The van der Waals surface area contributed by atoms with Crippen LogP contribution in [0.15, 0.2) is 11.0 Å². The molecule has 2 rings (SSSR count). The maximum Gasteiger partial charge on any atom is 0.323 e. The Morgan fingerprint density at radius 2 is 2.29 bits per heavy atom. The van der Waals surface area contributed by atoms with Crippen LogP contribution in [0.5, 0.6) is 0 Å². The summed E-state index contributed by atoms with van der Waals surface area (Å²) in [6.45, 7) is 2.74. The minimum absolute atomic E-state index is 0.148. The van der Waals surface area contributed by atoms with Crippen molar-refractivity contribution in [2.45, 2.75) is 19.4 Å². The van der Waals surface area contributed by atoms with Gasteiger partial charge in [0.15, 0.2) is 0 Å². The number of carbonyl (C=O) groups is 2. The Kier molecular flexibility index (Phi) is 2.99. The summed E-state index contributed by atoms with van der Waals surface area (Å²) in [7, 11) is 0. The monoisotopic (exact) mass is 238 g/mol. The van der Waals surface area contributed by atoms with Crippen molar-refractivity contribution in [1.82, 2.24) is 20.2 Å². The highest BCUT2D eigenvalue weighted by Crippen LogP contribution is 2.11. The molecule has 7 heteroatoms. The molecule has 0 bridgehead atoms. The number of rotatable bonds is 2. The molecule has 7 nitrogen and oxygen atoms in total. The molecule has 1 aromatic rings. The Labute approximate surface area is 97.2 Å². The number of hydrogen-bond donors (Lipinski definition) is 3. The van der Waals surface area contributed by atoms with Gasteiger partial charge in [-0.2, -0.15) is 0 Å². The average molecular weight is 238 g/mol. The van der Waals surface area contributed by atoms with Gasteiger partial charge in [-0.15, -0.1) is 0 Å². The fourth-order valence-electron chi connectivity index (χ4n) is 1.97. The lowest BCUT2D eigenvalue weighted by Gasteiger charge is -2.34. The van der Waals surface area contributed by atoms with E-state index in [-0.39, 0.29) is 17.5 Å². The third-order valence-corrected chi connectivity index (χ3v) is 2.80. The van der Waals surface area contributed by atoms with Crippen molar-refractivity contribution in [3.63, 3.8) is 0 Å². The molecule has 2 heterocycles. The number of piperazine rings is 1. The number of H-pyrrole nitrogens is 2. The Morgan fingerprint density at radius 3 is 2.88 bits per heavy atom. The van der Waals surface area contributed by atoms with Crippen molar-refractivity contribution in [2.75, 3.05) is 13.1 Å². The molecule has 0 saturated carbocycles. The minimum Gasteiger partial charge on any atom is -0.353 e. The maximum atomic E-state index is 12.1. The standard InChI is InChI=1S/C10H14N4O3/c1-2-7-8(15)11-3-4-14(7)9(16)6-5-12-10(17)13-6/h5,7H,2-4H2,1H3,(H,11,15)(H2,12,13,17). The number of amides is 2. The highest BCUT2D eigenvalue weighted by molar-refractivity contribution is 5.96. The smallest absolute Gasteiger partial charge is 0.323 e. The van der Waals surface area contributed by atoms with Crippen LogP contribution >= 0.6 is 0 Å². The van der Waals surface area contributed by atoms with Gasteiger partial charge in [-0.1, -0.05) is 6.92 Å². The van der Waals surface area contributed by atoms with Crippen LogP contribution in [-0.4, -0.2) is 45.8 Å². The average Bonchev–Trinajstić information content (AvgIpc) is 2.74. The largest absolute Gasteiger partial charge is 0.353 e. The molecular formula is C10H14N4O3. The predicted molar refractivity (Wildman–Crippen MR) is 59.5 cm³/mol. The van der Waals surface area contributed by atoms with Crippen LogP contribution in [0.1, 0.15) is 23.8 Å². The molecule has 2 amide bonds. The van der Waals surface area contributed by atoms with E-state index < -0.39 is 11.7 Å². The van der Waals surface area contributed by atoms with Crippen molar-refractivity contribution in [2.24, 2.45) is 0 Å². The first-order chi connectivity index (χ1) is 8.13. The van der Waals surface area contributed by atoms with Gasteiger partial charge in [0.1, 0.15) is 11.7 Å². The van der Waals surface area contributed by atoms with E-state index in [9.17, 15) is 14.4 Å². The van der Waals surface area contributed by atoms with Gasteiger partial charge in [0, 0.05) is 19.3 Å². The Hall–Kier alpha value is -2.05. The van der Waals surface area contributed by atoms with Crippen LogP contribution in [0.25, 0.3) is 0 Å². The molecule has 92 valence electrons. The van der Waals surface area contributed by atoms with Crippen LogP contribution in [0.2, 0.25) is 0 Å². The number of aromatic amines is 2. The lowest BCUT2D eigenvalue weighted by atomic mass is 10.1. The highest BCUT2D eigenvalue weighted by Gasteiger charge is 2.32. The molecule has 1 fully saturated rings. The number of carbonyl (C=O) groups excluding carboxylic acids is 2. The molecule has 1 aliphatic rings. The fourth-order valence-corrected chi connectivity index (χ4v) is 1.97. The van der Waals surface area contributed by atoms with Crippen molar-refractivity contribution in [3.05, 3.63) is 22.4 Å². The molecule has 1 atom stereocenters. The molecule has 0 aromatic carbocycles. The van der Waals surface area contributed by atoms with E-state index in [4.69, 9.17) is 0 Å². The predicted octanol–water partition coefficient (Wildman–Crippen LogP) is -0.946. The second-order valence-corrected chi connectivity index (χ2v) is 3.87. The second kappa shape index (κ2) is 4.44. The first-order valence-corrected chi connectivity index (χ1v) is 5.50. The van der Waals surface area contributed by atoms with Crippen LogP contribution in [0.3, 0.4) is 0 Å². The van der Waals surface area contributed by atoms with E-state index in [1.807, 2.05) is 6.92 Å². The Bertz CT molecular complexity index is 490. The summed E-state index contributed by atoms with van der Waals surface area (Å²) < 4.78 is 0. The first-order valence-electron chi connectivity index (χ1n) is 5.50. The number of imidazole rings is 1. The maximum absolute atomic E-state index is 12.1. The van der Waals surface area contributed by atoms with Gasteiger partial charge in [0.05, 0.1) is 0 Å². The highest BCUT2D eigenvalue weighted by atomic mass is 16.2. The normalized spacial score (nSPS) is 20.2. The van der Waals surface area contributed by atoms with E-state index >= 15 is 0 Å². The summed E-state index contributed by atoms with van der Waals surface area (Å²) in [5, 5.41) is 2.71. The molecule has 1 saturated heterocycles. The van der Waals surface area contributed by atoms with Crippen molar-refractivity contribution < 1.29 is 9.59 Å². The minimum atomic E-state index is -0.463. The van der Waals surface area contributed by atoms with Gasteiger partial charge >= 0.3 is 5.69 Å². The molecule has 0 aliphatic carbocycles. The van der Waals surface area contributed by atoms with E-state index in [2.05, 4.69) is 15.3 Å². The quantitative estimate of drug-likeness (QED) is 0.619. The lowest BCUT2D eigenvalue weighted by Crippen LogP contribution is -2.57. The van der Waals surface area contributed by atoms with Crippen molar-refractivity contribution in [3.8, 4) is 0 Å². The molecule has 1 unspecified atom stereocenters. The summed E-state index contributed by atoms with van der Waals surface area (Å²) in [6.07, 6.45) is 1.87. The third kappa shape index (κ3) is 2.08. The topological polar surface area (TPSA) is 98.1 Å². The molecule has 1 aromatic heterocycles. The number of hydrogen-bond acceptors (Lipinski definition) is 3. The van der Waals surface area contributed by atoms with Crippen LogP contribution in [0, 0.1) is 0 Å².